The maximum Gasteiger partial charge on any atom is 0.363 e. The molecule has 3 rings (SSSR count). The second kappa shape index (κ2) is 7.49. The highest BCUT2D eigenvalue weighted by Crippen LogP contribution is 2.24. The quantitative estimate of drug-likeness (QED) is 0.415. The Hall–Kier alpha value is -2.66. The fourth-order valence-electron chi connectivity index (χ4n) is 2.18. The number of esters is 1. The summed E-state index contributed by atoms with van der Waals surface area (Å²) in [5.41, 5.74) is 2.80. The van der Waals surface area contributed by atoms with Crippen molar-refractivity contribution in [1.82, 2.24) is 0 Å². The molecule has 0 aromatic heterocycles. The molecule has 0 aliphatic carbocycles. The minimum Gasteiger partial charge on any atom is -0.489 e. The van der Waals surface area contributed by atoms with Gasteiger partial charge in [-0.25, -0.2) is 9.79 Å². The maximum atomic E-state index is 12.1. The van der Waals surface area contributed by atoms with E-state index in [1.165, 1.54) is 0 Å². The van der Waals surface area contributed by atoms with Gasteiger partial charge in [0.2, 0.25) is 5.90 Å². The highest BCUT2D eigenvalue weighted by atomic mass is 79.9. The van der Waals surface area contributed by atoms with Gasteiger partial charge in [-0.1, -0.05) is 30.8 Å². The minimum atomic E-state index is -0.464. The minimum absolute atomic E-state index is 0.265. The highest BCUT2D eigenvalue weighted by molar-refractivity contribution is 9.10. The van der Waals surface area contributed by atoms with Gasteiger partial charge in [0.15, 0.2) is 5.70 Å². The fourth-order valence-corrected chi connectivity index (χ4v) is 2.64. The van der Waals surface area contributed by atoms with Crippen molar-refractivity contribution >= 4 is 33.9 Å². The molecule has 2 aromatic rings. The smallest absolute Gasteiger partial charge is 0.363 e. The third-order valence-corrected chi connectivity index (χ3v) is 4.08. The third-order valence-electron chi connectivity index (χ3n) is 3.39. The lowest BCUT2D eigenvalue weighted by Gasteiger charge is -2.05. The number of cyclic esters (lactones) is 1. The molecule has 0 atom stereocenters. The van der Waals surface area contributed by atoms with Gasteiger partial charge in [0, 0.05) is 4.47 Å². The largest absolute Gasteiger partial charge is 0.489 e. The first-order chi connectivity index (χ1) is 12.0. The van der Waals surface area contributed by atoms with Crippen molar-refractivity contribution in [3.8, 4) is 5.75 Å². The van der Waals surface area contributed by atoms with Gasteiger partial charge < -0.3 is 9.47 Å². The summed E-state index contributed by atoms with van der Waals surface area (Å²) in [6.45, 7) is 6.19. The SMILES string of the molecule is C=C(C)COc1ccc(/C=C2\N=C(c3ccccc3Br)OC2=O)cc1. The molecule has 4 nitrogen and oxygen atoms in total. The van der Waals surface area contributed by atoms with Crippen molar-refractivity contribution in [1.29, 1.82) is 0 Å². The van der Waals surface area contributed by atoms with E-state index in [4.69, 9.17) is 9.47 Å². The van der Waals surface area contributed by atoms with E-state index in [0.717, 1.165) is 26.9 Å². The molecule has 25 heavy (non-hydrogen) atoms. The summed E-state index contributed by atoms with van der Waals surface area (Å²) in [4.78, 5) is 16.4. The number of benzene rings is 2. The molecule has 5 heteroatoms. The summed E-state index contributed by atoms with van der Waals surface area (Å²) in [5, 5.41) is 0. The number of nitrogens with zero attached hydrogens (tertiary/aromatic N) is 1. The van der Waals surface area contributed by atoms with E-state index >= 15 is 0 Å². The number of ether oxygens (including phenoxy) is 2. The molecule has 1 aliphatic rings. The zero-order valence-corrected chi connectivity index (χ0v) is 15.2. The van der Waals surface area contributed by atoms with Crippen LogP contribution >= 0.6 is 15.9 Å². The van der Waals surface area contributed by atoms with Crippen LogP contribution in [-0.2, 0) is 9.53 Å². The Morgan fingerprint density at radius 1 is 1.24 bits per heavy atom. The first kappa shape index (κ1) is 17.2. The molecular weight excluding hydrogens is 382 g/mol. The van der Waals surface area contributed by atoms with Crippen LogP contribution in [0.3, 0.4) is 0 Å². The van der Waals surface area contributed by atoms with Crippen LogP contribution in [0.25, 0.3) is 6.08 Å². The summed E-state index contributed by atoms with van der Waals surface area (Å²) in [5.74, 6) is 0.579. The normalized spacial score (nSPS) is 15.0. The van der Waals surface area contributed by atoms with Gasteiger partial charge in [-0.05, 0) is 64.3 Å². The third kappa shape index (κ3) is 4.25. The number of carbonyl (C=O) groups is 1. The molecule has 0 N–H and O–H groups in total. The van der Waals surface area contributed by atoms with E-state index in [1.54, 1.807) is 6.08 Å². The summed E-state index contributed by atoms with van der Waals surface area (Å²) in [7, 11) is 0. The summed E-state index contributed by atoms with van der Waals surface area (Å²) >= 11 is 3.43. The molecule has 0 fully saturated rings. The number of hydrogen-bond donors (Lipinski definition) is 0. The molecule has 0 radical (unpaired) electrons. The Morgan fingerprint density at radius 3 is 2.64 bits per heavy atom. The topological polar surface area (TPSA) is 47.9 Å². The van der Waals surface area contributed by atoms with Crippen LogP contribution in [-0.4, -0.2) is 18.5 Å². The summed E-state index contributed by atoms with van der Waals surface area (Å²) < 4.78 is 11.7. The lowest BCUT2D eigenvalue weighted by molar-refractivity contribution is -0.129. The van der Waals surface area contributed by atoms with Crippen LogP contribution in [0.1, 0.15) is 18.1 Å². The van der Waals surface area contributed by atoms with Gasteiger partial charge in [0.05, 0.1) is 5.56 Å². The zero-order valence-electron chi connectivity index (χ0n) is 13.7. The molecule has 0 unspecified atom stereocenters. The lowest BCUT2D eigenvalue weighted by Crippen LogP contribution is -2.05. The number of hydrogen-bond acceptors (Lipinski definition) is 4. The van der Waals surface area contributed by atoms with E-state index in [-0.39, 0.29) is 5.70 Å². The van der Waals surface area contributed by atoms with Crippen molar-refractivity contribution in [2.45, 2.75) is 6.92 Å². The van der Waals surface area contributed by atoms with Gasteiger partial charge >= 0.3 is 5.97 Å². The molecular formula is C20H16BrNO3. The monoisotopic (exact) mass is 397 g/mol. The van der Waals surface area contributed by atoms with Crippen molar-refractivity contribution < 1.29 is 14.3 Å². The standard InChI is InChI=1S/C20H16BrNO3/c1-13(2)12-24-15-9-7-14(8-10-15)11-18-20(23)25-19(22-18)16-5-3-4-6-17(16)21/h3-11H,1,12H2,2H3/b18-11-. The average molecular weight is 398 g/mol. The molecule has 0 saturated heterocycles. The molecule has 2 aromatic carbocycles. The Kier molecular flexibility index (Phi) is 5.14. The second-order valence-electron chi connectivity index (χ2n) is 5.63. The predicted molar refractivity (Wildman–Crippen MR) is 101 cm³/mol. The van der Waals surface area contributed by atoms with Crippen LogP contribution in [0.5, 0.6) is 5.75 Å². The molecule has 0 amide bonds. The van der Waals surface area contributed by atoms with Crippen LogP contribution in [0.2, 0.25) is 0 Å². The molecule has 0 bridgehead atoms. The highest BCUT2D eigenvalue weighted by Gasteiger charge is 2.25. The molecule has 1 heterocycles. The van der Waals surface area contributed by atoms with Gasteiger partial charge in [-0.2, -0.15) is 0 Å². The number of halogens is 1. The van der Waals surface area contributed by atoms with Crippen LogP contribution in [0.4, 0.5) is 0 Å². The van der Waals surface area contributed by atoms with Gasteiger partial charge in [-0.15, -0.1) is 0 Å². The van der Waals surface area contributed by atoms with E-state index in [0.29, 0.717) is 12.5 Å². The first-order valence-corrected chi connectivity index (χ1v) is 8.47. The van der Waals surface area contributed by atoms with Gasteiger partial charge in [0.1, 0.15) is 12.4 Å². The van der Waals surface area contributed by atoms with E-state index in [1.807, 2.05) is 55.5 Å². The van der Waals surface area contributed by atoms with Crippen LogP contribution < -0.4 is 4.74 Å². The van der Waals surface area contributed by atoms with Crippen LogP contribution in [0.15, 0.2) is 75.8 Å². The van der Waals surface area contributed by atoms with Crippen molar-refractivity contribution in [2.24, 2.45) is 4.99 Å². The zero-order chi connectivity index (χ0) is 17.8. The summed E-state index contributed by atoms with van der Waals surface area (Å²) in [6.07, 6.45) is 1.69. The molecule has 0 saturated carbocycles. The predicted octanol–water partition coefficient (Wildman–Crippen LogP) is 4.75. The Labute approximate surface area is 154 Å². The molecule has 126 valence electrons. The molecule has 0 spiro atoms. The Morgan fingerprint density at radius 2 is 1.96 bits per heavy atom. The van der Waals surface area contributed by atoms with Gasteiger partial charge in [-0.3, -0.25) is 0 Å². The summed E-state index contributed by atoms with van der Waals surface area (Å²) in [6, 6.07) is 14.9. The lowest BCUT2D eigenvalue weighted by atomic mass is 10.2. The van der Waals surface area contributed by atoms with E-state index in [2.05, 4.69) is 27.5 Å². The van der Waals surface area contributed by atoms with Crippen LogP contribution in [0, 0.1) is 0 Å². The van der Waals surface area contributed by atoms with Crippen molar-refractivity contribution in [2.75, 3.05) is 6.61 Å². The first-order valence-electron chi connectivity index (χ1n) is 7.67. The average Bonchev–Trinajstić information content (AvgIpc) is 2.95. The van der Waals surface area contributed by atoms with Crippen molar-refractivity contribution in [3.05, 3.63) is 82.0 Å². The number of carbonyl (C=O) groups excluding carboxylic acids is 1. The Bertz CT molecular complexity index is 882. The number of aliphatic imine (C=N–C) groups is 1. The molecule has 1 aliphatic heterocycles. The Balaban J connectivity index is 1.80. The number of rotatable bonds is 5. The van der Waals surface area contributed by atoms with E-state index in [9.17, 15) is 4.79 Å². The fraction of sp³-hybridized carbons (Fsp3) is 0.100. The van der Waals surface area contributed by atoms with Crippen molar-refractivity contribution in [3.63, 3.8) is 0 Å². The van der Waals surface area contributed by atoms with Gasteiger partial charge in [0.25, 0.3) is 0 Å². The maximum absolute atomic E-state index is 12.1. The second-order valence-corrected chi connectivity index (χ2v) is 6.49. The van der Waals surface area contributed by atoms with E-state index < -0.39 is 5.97 Å².